The van der Waals surface area contributed by atoms with Crippen molar-refractivity contribution in [2.45, 2.75) is 0 Å². The van der Waals surface area contributed by atoms with Gasteiger partial charge in [-0.15, -0.1) is 11.3 Å². The highest BCUT2D eigenvalue weighted by molar-refractivity contribution is 7.25. The molecule has 12 aromatic rings. The minimum atomic E-state index is 0.555. The molecule has 0 N–H and O–H groups in total. The molecular weight excluding hydrogens is 719 g/mol. The van der Waals surface area contributed by atoms with Crippen LogP contribution < -0.4 is 0 Å². The fourth-order valence-corrected chi connectivity index (χ4v) is 9.51. The second-order valence-electron chi connectivity index (χ2n) is 14.3. The lowest BCUT2D eigenvalue weighted by molar-refractivity contribution is 0.668. The van der Waals surface area contributed by atoms with Crippen molar-refractivity contribution in [3.8, 4) is 56.4 Å². The quantitative estimate of drug-likeness (QED) is 0.175. The molecule has 4 heterocycles. The molecule has 0 aliphatic heterocycles. The third-order valence-electron chi connectivity index (χ3n) is 11.0. The molecule has 0 saturated heterocycles. The molecule has 5 nitrogen and oxygen atoms in total. The highest BCUT2D eigenvalue weighted by Gasteiger charge is 2.25. The van der Waals surface area contributed by atoms with Crippen molar-refractivity contribution in [2.24, 2.45) is 0 Å². The fourth-order valence-electron chi connectivity index (χ4n) is 8.37. The number of nitrogens with zero attached hydrogens (tertiary/aromatic N) is 3. The summed E-state index contributed by atoms with van der Waals surface area (Å²) < 4.78 is 15.6. The van der Waals surface area contributed by atoms with Crippen LogP contribution in [-0.4, -0.2) is 15.0 Å². The van der Waals surface area contributed by atoms with Gasteiger partial charge < -0.3 is 8.83 Å². The molecule has 8 aromatic carbocycles. The third-order valence-corrected chi connectivity index (χ3v) is 12.1. The zero-order valence-electron chi connectivity index (χ0n) is 30.3. The van der Waals surface area contributed by atoms with E-state index >= 15 is 0 Å². The molecule has 266 valence electrons. The lowest BCUT2D eigenvalue weighted by Gasteiger charge is -2.14. The average Bonchev–Trinajstić information content (AvgIpc) is 3.98. The van der Waals surface area contributed by atoms with Gasteiger partial charge >= 0.3 is 0 Å². The molecule has 0 radical (unpaired) electrons. The Kier molecular flexibility index (Phi) is 7.03. The topological polar surface area (TPSA) is 65.0 Å². The van der Waals surface area contributed by atoms with Crippen molar-refractivity contribution < 1.29 is 8.83 Å². The molecule has 0 aliphatic rings. The van der Waals surface area contributed by atoms with Crippen molar-refractivity contribution in [1.82, 2.24) is 15.0 Å². The molecule has 4 aromatic heterocycles. The maximum absolute atomic E-state index is 6.65. The monoisotopic (exact) mass is 747 g/mol. The van der Waals surface area contributed by atoms with Gasteiger partial charge in [-0.3, -0.25) is 0 Å². The van der Waals surface area contributed by atoms with Crippen molar-refractivity contribution in [3.63, 3.8) is 0 Å². The molecule has 0 atom stereocenters. The van der Waals surface area contributed by atoms with Crippen molar-refractivity contribution in [1.29, 1.82) is 0 Å². The van der Waals surface area contributed by atoms with Crippen LogP contribution in [0.15, 0.2) is 185 Å². The van der Waals surface area contributed by atoms with Gasteiger partial charge in [0.15, 0.2) is 17.5 Å². The number of rotatable bonds is 5. The first-order chi connectivity index (χ1) is 28.2. The first kappa shape index (κ1) is 31.9. The minimum Gasteiger partial charge on any atom is -0.456 e. The number of benzene rings is 8. The summed E-state index contributed by atoms with van der Waals surface area (Å²) in [5.74, 6) is 1.75. The average molecular weight is 748 g/mol. The Labute approximate surface area is 330 Å². The summed E-state index contributed by atoms with van der Waals surface area (Å²) in [6, 6.07) is 60.8. The van der Waals surface area contributed by atoms with Gasteiger partial charge in [0.2, 0.25) is 0 Å². The van der Waals surface area contributed by atoms with Crippen molar-refractivity contribution in [2.75, 3.05) is 0 Å². The fraction of sp³-hybridized carbons (Fsp3) is 0. The molecule has 12 rings (SSSR count). The Hall–Kier alpha value is -7.41. The Morgan fingerprint density at radius 2 is 0.947 bits per heavy atom. The Balaban J connectivity index is 1.18. The SMILES string of the molecule is c1ccc(-c2ccc(-c3nc(-c4c(-c5cccc6c5oc5ccccc56)ccc5oc6ccccc6c45)nc(-c4cccc5sc6ccccc6c45)n3)cc2)cc1. The van der Waals surface area contributed by atoms with Gasteiger partial charge in [-0.25, -0.2) is 15.0 Å². The summed E-state index contributed by atoms with van der Waals surface area (Å²) >= 11 is 1.78. The van der Waals surface area contributed by atoms with Crippen LogP contribution in [0.3, 0.4) is 0 Å². The van der Waals surface area contributed by atoms with Gasteiger partial charge in [0.25, 0.3) is 0 Å². The summed E-state index contributed by atoms with van der Waals surface area (Å²) in [5, 5.41) is 6.38. The van der Waals surface area contributed by atoms with E-state index in [9.17, 15) is 0 Å². The molecule has 0 unspecified atom stereocenters. The lowest BCUT2D eigenvalue weighted by Crippen LogP contribution is -2.02. The number of furan rings is 2. The van der Waals surface area contributed by atoms with Gasteiger partial charge in [0.1, 0.15) is 22.3 Å². The number of hydrogen-bond donors (Lipinski definition) is 0. The summed E-state index contributed by atoms with van der Waals surface area (Å²) in [6.07, 6.45) is 0. The van der Waals surface area contributed by atoms with E-state index in [4.69, 9.17) is 23.8 Å². The molecule has 0 saturated carbocycles. The van der Waals surface area contributed by atoms with Gasteiger partial charge in [-0.05, 0) is 53.1 Å². The van der Waals surface area contributed by atoms with E-state index in [0.717, 1.165) is 88.2 Å². The lowest BCUT2D eigenvalue weighted by atomic mass is 9.93. The van der Waals surface area contributed by atoms with E-state index in [0.29, 0.717) is 17.5 Å². The maximum atomic E-state index is 6.65. The standard InChI is InChI=1S/C51H29N3O2S/c1-2-12-30(13-3-1)31-24-26-32(27-25-31)49-52-50(39-19-11-23-44-45(39)38-16-6-9-22-43(38)57-44)54-51(53-49)47-34(28-29-42-46(47)37-15-5-8-21-41(37)55-42)36-18-10-17-35-33-14-4-7-20-40(33)56-48(35)36/h1-29H. The van der Waals surface area contributed by atoms with Gasteiger partial charge in [-0.2, -0.15) is 0 Å². The number of aromatic nitrogens is 3. The van der Waals surface area contributed by atoms with E-state index in [1.807, 2.05) is 30.3 Å². The molecule has 57 heavy (non-hydrogen) atoms. The second-order valence-corrected chi connectivity index (χ2v) is 15.4. The summed E-state index contributed by atoms with van der Waals surface area (Å²) in [6.45, 7) is 0. The van der Waals surface area contributed by atoms with E-state index in [1.165, 1.54) is 14.8 Å². The minimum absolute atomic E-state index is 0.555. The summed E-state index contributed by atoms with van der Waals surface area (Å²) in [7, 11) is 0. The normalized spacial score (nSPS) is 11.9. The van der Waals surface area contributed by atoms with Crippen molar-refractivity contribution in [3.05, 3.63) is 176 Å². The highest BCUT2D eigenvalue weighted by Crippen LogP contribution is 2.46. The predicted octanol–water partition coefficient (Wildman–Crippen LogP) is 14.4. The van der Waals surface area contributed by atoms with Crippen molar-refractivity contribution >= 4 is 75.4 Å². The zero-order valence-corrected chi connectivity index (χ0v) is 31.1. The molecular formula is C51H29N3O2S. The molecule has 0 spiro atoms. The van der Waals surface area contributed by atoms with Crippen LogP contribution in [0, 0.1) is 0 Å². The Bertz CT molecular complexity index is 3530. The number of thiophene rings is 1. The van der Waals surface area contributed by atoms with Crippen LogP contribution in [-0.2, 0) is 0 Å². The molecule has 0 fully saturated rings. The zero-order chi connectivity index (χ0) is 37.5. The molecule has 6 heteroatoms. The van der Waals surface area contributed by atoms with Crippen LogP contribution in [0.4, 0.5) is 0 Å². The number of fused-ring (bicyclic) bond motifs is 9. The first-order valence-corrected chi connectivity index (χ1v) is 19.7. The van der Waals surface area contributed by atoms with Gasteiger partial charge in [-0.1, -0.05) is 140 Å². The number of hydrogen-bond acceptors (Lipinski definition) is 6. The second kappa shape index (κ2) is 12.6. The highest BCUT2D eigenvalue weighted by atomic mass is 32.1. The van der Waals surface area contributed by atoms with Crippen LogP contribution in [0.1, 0.15) is 0 Å². The molecule has 0 amide bonds. The van der Waals surface area contributed by atoms with Crippen LogP contribution >= 0.6 is 11.3 Å². The maximum Gasteiger partial charge on any atom is 0.165 e. The van der Waals surface area contributed by atoms with Crippen LogP contribution in [0.5, 0.6) is 0 Å². The van der Waals surface area contributed by atoms with E-state index in [2.05, 4.69) is 146 Å². The smallest absolute Gasteiger partial charge is 0.165 e. The third kappa shape index (κ3) is 5.04. The number of para-hydroxylation sites is 3. The Morgan fingerprint density at radius 1 is 0.333 bits per heavy atom. The van der Waals surface area contributed by atoms with E-state index < -0.39 is 0 Å². The van der Waals surface area contributed by atoms with Gasteiger partial charge in [0.05, 0.1) is 0 Å². The van der Waals surface area contributed by atoms with E-state index in [1.54, 1.807) is 11.3 Å². The largest absolute Gasteiger partial charge is 0.456 e. The van der Waals surface area contributed by atoms with E-state index in [-0.39, 0.29) is 0 Å². The summed E-state index contributed by atoms with van der Waals surface area (Å²) in [4.78, 5) is 16.1. The summed E-state index contributed by atoms with van der Waals surface area (Å²) in [5.41, 5.74) is 10.1. The van der Waals surface area contributed by atoms with Gasteiger partial charge in [0, 0.05) is 64.0 Å². The molecule has 0 bridgehead atoms. The Morgan fingerprint density at radius 3 is 1.81 bits per heavy atom. The first-order valence-electron chi connectivity index (χ1n) is 18.9. The predicted molar refractivity (Wildman–Crippen MR) is 234 cm³/mol. The van der Waals surface area contributed by atoms with Crippen LogP contribution in [0.25, 0.3) is 120 Å². The molecule has 0 aliphatic carbocycles. The van der Waals surface area contributed by atoms with Crippen LogP contribution in [0.2, 0.25) is 0 Å².